The number of aromatic carboxylic acids is 1. The number of rotatable bonds is 5. The molecule has 2 heterocycles. The summed E-state index contributed by atoms with van der Waals surface area (Å²) in [5.74, 6) is -2.05. The van der Waals surface area contributed by atoms with Crippen LogP contribution < -0.4 is 10.9 Å². The zero-order valence-electron chi connectivity index (χ0n) is 18.8. The average Bonchev–Trinajstić information content (AvgIpc) is 3.23. The average molecular weight is 473 g/mol. The van der Waals surface area contributed by atoms with Gasteiger partial charge in [-0.2, -0.15) is 0 Å². The predicted octanol–water partition coefficient (Wildman–Crippen LogP) is 5.49. The van der Waals surface area contributed by atoms with E-state index in [2.05, 4.69) is 5.32 Å². The highest BCUT2D eigenvalue weighted by Crippen LogP contribution is 2.32. The Labute approximate surface area is 199 Å². The van der Waals surface area contributed by atoms with Crippen LogP contribution >= 0.6 is 0 Å². The molecule has 176 valence electrons. The van der Waals surface area contributed by atoms with Crippen LogP contribution in [0.5, 0.6) is 0 Å². The van der Waals surface area contributed by atoms with Crippen LogP contribution in [0.3, 0.4) is 0 Å². The molecule has 0 fully saturated rings. The molecular weight excluding hydrogens is 452 g/mol. The minimum atomic E-state index is -1.30. The summed E-state index contributed by atoms with van der Waals surface area (Å²) in [5.41, 5.74) is 2.21. The number of hydrogen-bond donors (Lipinski definition) is 2. The van der Waals surface area contributed by atoms with Crippen LogP contribution in [0.2, 0.25) is 0 Å². The zero-order valence-corrected chi connectivity index (χ0v) is 18.8. The number of benzene rings is 3. The summed E-state index contributed by atoms with van der Waals surface area (Å²) in [4.78, 5) is 29.6. The molecule has 0 aliphatic carbocycles. The van der Waals surface area contributed by atoms with E-state index in [1.807, 2.05) is 36.4 Å². The summed E-state index contributed by atoms with van der Waals surface area (Å²) in [6.07, 6.45) is 2.61. The lowest BCUT2D eigenvalue weighted by Crippen LogP contribution is -2.22. The van der Waals surface area contributed by atoms with Gasteiger partial charge in [0, 0.05) is 17.8 Å². The molecule has 0 radical (unpaired) electrons. The molecule has 2 N–H and O–H groups in total. The normalized spacial score (nSPS) is 14.8. The van der Waals surface area contributed by atoms with E-state index in [-0.39, 0.29) is 22.2 Å². The summed E-state index contributed by atoms with van der Waals surface area (Å²) in [6, 6.07) is 14.9. The van der Waals surface area contributed by atoms with Gasteiger partial charge in [0.2, 0.25) is 0 Å². The summed E-state index contributed by atoms with van der Waals surface area (Å²) in [7, 11) is 0. The van der Waals surface area contributed by atoms with Gasteiger partial charge in [-0.05, 0) is 60.9 Å². The number of allylic oxidation sites excluding steroid dienone is 1. The number of nitrogens with zero attached hydrogens (tertiary/aromatic N) is 2. The Kier molecular flexibility index (Phi) is 5.64. The highest BCUT2D eigenvalue weighted by atomic mass is 19.1. The van der Waals surface area contributed by atoms with Crippen molar-refractivity contribution in [1.82, 2.24) is 9.55 Å². The van der Waals surface area contributed by atoms with E-state index >= 15 is 0 Å². The fourth-order valence-electron chi connectivity index (χ4n) is 4.46. The van der Waals surface area contributed by atoms with Crippen molar-refractivity contribution in [2.75, 3.05) is 5.32 Å². The van der Waals surface area contributed by atoms with Crippen LogP contribution in [0.25, 0.3) is 22.6 Å². The highest BCUT2D eigenvalue weighted by molar-refractivity contribution is 5.94. The first-order valence-corrected chi connectivity index (χ1v) is 11.1. The smallest absolute Gasteiger partial charge is 0.337 e. The van der Waals surface area contributed by atoms with Gasteiger partial charge in [-0.15, -0.1) is 0 Å². The van der Waals surface area contributed by atoms with E-state index in [0.717, 1.165) is 23.3 Å². The third-order valence-electron chi connectivity index (χ3n) is 6.14. The van der Waals surface area contributed by atoms with Gasteiger partial charge in [0.05, 0.1) is 22.5 Å². The first-order valence-electron chi connectivity index (χ1n) is 11.1. The second-order valence-electron chi connectivity index (χ2n) is 8.47. The van der Waals surface area contributed by atoms with Gasteiger partial charge in [0.25, 0.3) is 5.56 Å². The van der Waals surface area contributed by atoms with E-state index in [1.54, 1.807) is 11.5 Å². The number of hydrogen-bond acceptors (Lipinski definition) is 4. The molecule has 6 nitrogen and oxygen atoms in total. The minimum absolute atomic E-state index is 0.149. The van der Waals surface area contributed by atoms with Crippen molar-refractivity contribution < 1.29 is 18.7 Å². The Bertz CT molecular complexity index is 1560. The predicted molar refractivity (Wildman–Crippen MR) is 130 cm³/mol. The molecule has 1 atom stereocenters. The van der Waals surface area contributed by atoms with Crippen LogP contribution in [0.1, 0.15) is 46.7 Å². The Morgan fingerprint density at radius 1 is 1.11 bits per heavy atom. The molecule has 0 amide bonds. The highest BCUT2D eigenvalue weighted by Gasteiger charge is 2.24. The second kappa shape index (κ2) is 8.79. The van der Waals surface area contributed by atoms with Crippen molar-refractivity contribution in [3.8, 4) is 0 Å². The second-order valence-corrected chi connectivity index (χ2v) is 8.47. The number of anilines is 1. The molecule has 1 unspecified atom stereocenters. The number of fused-ring (bicyclic) bond motifs is 2. The topological polar surface area (TPSA) is 84.2 Å². The van der Waals surface area contributed by atoms with Crippen LogP contribution in [-0.2, 0) is 6.54 Å². The van der Waals surface area contributed by atoms with Gasteiger partial charge >= 0.3 is 5.97 Å². The summed E-state index contributed by atoms with van der Waals surface area (Å²) in [6.45, 7) is 2.16. The Morgan fingerprint density at radius 2 is 1.89 bits per heavy atom. The van der Waals surface area contributed by atoms with Crippen molar-refractivity contribution in [2.45, 2.75) is 25.9 Å². The monoisotopic (exact) mass is 473 g/mol. The molecule has 1 aliphatic rings. The van der Waals surface area contributed by atoms with E-state index in [1.165, 1.54) is 18.2 Å². The molecule has 0 saturated carbocycles. The fourth-order valence-corrected chi connectivity index (χ4v) is 4.46. The largest absolute Gasteiger partial charge is 0.478 e. The first kappa shape index (κ1) is 22.5. The number of halogens is 2. The van der Waals surface area contributed by atoms with Crippen molar-refractivity contribution in [1.29, 1.82) is 0 Å². The fraction of sp³-hybridized carbons (Fsp3) is 0.148. The van der Waals surface area contributed by atoms with Crippen molar-refractivity contribution in [3.63, 3.8) is 0 Å². The Balaban J connectivity index is 1.63. The van der Waals surface area contributed by atoms with Gasteiger partial charge < -0.3 is 10.4 Å². The van der Waals surface area contributed by atoms with Gasteiger partial charge in [-0.3, -0.25) is 9.36 Å². The number of carboxylic acids is 1. The van der Waals surface area contributed by atoms with Gasteiger partial charge in [-0.1, -0.05) is 30.3 Å². The molecule has 3 aromatic carbocycles. The minimum Gasteiger partial charge on any atom is -0.478 e. The third-order valence-corrected chi connectivity index (χ3v) is 6.14. The van der Waals surface area contributed by atoms with Gasteiger partial charge in [0.15, 0.2) is 0 Å². The standard InChI is InChI=1S/C27H21F2N3O3/c1-15(30-23-8-7-18(28)12-21(23)27(34)35)20-13-19(29)14-22-24(20)31-25-17(9-10-32(25)26(22)33)11-16-5-3-2-4-6-16/h2-8,11-15,30H,9-10H2,1H3,(H,34,35). The molecule has 1 aliphatic heterocycles. The van der Waals surface area contributed by atoms with E-state index in [0.29, 0.717) is 29.9 Å². The molecule has 0 saturated heterocycles. The summed E-state index contributed by atoms with van der Waals surface area (Å²) < 4.78 is 29.8. The quantitative estimate of drug-likeness (QED) is 0.400. The maximum absolute atomic E-state index is 14.6. The summed E-state index contributed by atoms with van der Waals surface area (Å²) in [5, 5.41) is 12.6. The molecule has 4 aromatic rings. The number of aromatic nitrogens is 2. The lowest BCUT2D eigenvalue weighted by Gasteiger charge is -2.19. The van der Waals surface area contributed by atoms with Gasteiger partial charge in [0.1, 0.15) is 17.5 Å². The first-order chi connectivity index (χ1) is 16.8. The lowest BCUT2D eigenvalue weighted by molar-refractivity contribution is 0.0697. The molecule has 35 heavy (non-hydrogen) atoms. The van der Waals surface area contributed by atoms with Crippen molar-refractivity contribution in [2.24, 2.45) is 0 Å². The maximum atomic E-state index is 14.6. The Morgan fingerprint density at radius 3 is 2.63 bits per heavy atom. The van der Waals surface area contributed by atoms with E-state index in [4.69, 9.17) is 4.98 Å². The van der Waals surface area contributed by atoms with Crippen molar-refractivity contribution >= 4 is 34.2 Å². The number of carbonyl (C=O) groups is 1. The molecule has 0 bridgehead atoms. The number of nitrogens with one attached hydrogen (secondary N) is 1. The van der Waals surface area contributed by atoms with E-state index in [9.17, 15) is 23.5 Å². The number of carboxylic acid groups (broad SMARTS) is 1. The summed E-state index contributed by atoms with van der Waals surface area (Å²) >= 11 is 0. The third kappa shape index (κ3) is 4.19. The molecule has 0 spiro atoms. The van der Waals surface area contributed by atoms with Gasteiger partial charge in [-0.25, -0.2) is 18.6 Å². The van der Waals surface area contributed by atoms with E-state index < -0.39 is 23.6 Å². The van der Waals surface area contributed by atoms with Crippen LogP contribution in [0, 0.1) is 11.6 Å². The van der Waals surface area contributed by atoms with Crippen LogP contribution in [-0.4, -0.2) is 20.6 Å². The molecule has 1 aromatic heterocycles. The molecule has 8 heteroatoms. The zero-order chi connectivity index (χ0) is 24.7. The SMILES string of the molecule is CC(Nc1ccc(F)cc1C(=O)O)c1cc(F)cc2c(=O)n3c(nc12)C(=Cc1ccccc1)CC3. The maximum Gasteiger partial charge on any atom is 0.337 e. The molecule has 5 rings (SSSR count). The van der Waals surface area contributed by atoms with Crippen LogP contribution in [0.15, 0.2) is 65.5 Å². The van der Waals surface area contributed by atoms with Crippen LogP contribution in [0.4, 0.5) is 14.5 Å². The Hall–Kier alpha value is -4.33. The van der Waals surface area contributed by atoms with Crippen molar-refractivity contribution in [3.05, 3.63) is 105 Å². The lowest BCUT2D eigenvalue weighted by atomic mass is 10.0. The molecular formula is C27H21F2N3O3.